The highest BCUT2D eigenvalue weighted by Gasteiger charge is 2.26. The van der Waals surface area contributed by atoms with Crippen LogP contribution in [0.2, 0.25) is 0 Å². The molecule has 0 radical (unpaired) electrons. The van der Waals surface area contributed by atoms with Gasteiger partial charge >= 0.3 is 12.0 Å². The Bertz CT molecular complexity index is 396. The molecule has 0 aromatic heterocycles. The second-order valence-electron chi connectivity index (χ2n) is 6.30. The molecule has 1 aliphatic heterocycles. The Hall–Kier alpha value is -1.52. The molecule has 0 fully saturated rings. The lowest BCUT2D eigenvalue weighted by Gasteiger charge is -2.32. The number of carbonyl (C=O) groups is 2. The highest BCUT2D eigenvalue weighted by atomic mass is 16.4. The molecular formula is C15H26N2O3. The van der Waals surface area contributed by atoms with Crippen LogP contribution in [0.15, 0.2) is 11.6 Å². The maximum absolute atomic E-state index is 12.1. The van der Waals surface area contributed by atoms with E-state index in [1.165, 1.54) is 5.57 Å². The van der Waals surface area contributed by atoms with E-state index in [4.69, 9.17) is 5.11 Å². The van der Waals surface area contributed by atoms with Crippen molar-refractivity contribution in [2.75, 3.05) is 13.1 Å². The van der Waals surface area contributed by atoms with Gasteiger partial charge in [-0.25, -0.2) is 9.59 Å². The van der Waals surface area contributed by atoms with Gasteiger partial charge in [0.15, 0.2) is 0 Å². The second kappa shape index (κ2) is 6.77. The predicted octanol–water partition coefficient (Wildman–Crippen LogP) is 2.63. The zero-order valence-corrected chi connectivity index (χ0v) is 12.9. The molecule has 5 heteroatoms. The fourth-order valence-corrected chi connectivity index (χ4v) is 2.32. The van der Waals surface area contributed by atoms with Gasteiger partial charge in [0.2, 0.25) is 0 Å². The molecular weight excluding hydrogens is 256 g/mol. The summed E-state index contributed by atoms with van der Waals surface area (Å²) in [5.41, 5.74) is 1.49. The van der Waals surface area contributed by atoms with Crippen LogP contribution in [-0.4, -0.2) is 41.1 Å². The molecule has 5 nitrogen and oxygen atoms in total. The first-order valence-electron chi connectivity index (χ1n) is 7.23. The maximum Gasteiger partial charge on any atom is 0.326 e. The van der Waals surface area contributed by atoms with Crippen LogP contribution >= 0.6 is 0 Å². The lowest BCUT2D eigenvalue weighted by Crippen LogP contribution is -2.49. The predicted molar refractivity (Wildman–Crippen MR) is 78.6 cm³/mol. The van der Waals surface area contributed by atoms with Crippen molar-refractivity contribution in [1.82, 2.24) is 10.2 Å². The minimum atomic E-state index is -0.969. The molecule has 1 atom stereocenters. The Labute approximate surface area is 121 Å². The SMILES string of the molecule is CCCC(NC(=O)N1CC=C(C(C)(C)C)CC1)C(=O)O. The number of urea groups is 1. The number of hydrogen-bond acceptors (Lipinski definition) is 2. The summed E-state index contributed by atoms with van der Waals surface area (Å²) in [5, 5.41) is 11.7. The molecule has 0 aromatic carbocycles. The number of carboxylic acids is 1. The third-order valence-corrected chi connectivity index (χ3v) is 3.63. The zero-order valence-electron chi connectivity index (χ0n) is 12.9. The van der Waals surface area contributed by atoms with Crippen LogP contribution in [0.4, 0.5) is 4.79 Å². The van der Waals surface area contributed by atoms with Crippen LogP contribution in [0.1, 0.15) is 47.0 Å². The van der Waals surface area contributed by atoms with Gasteiger partial charge in [0.05, 0.1) is 0 Å². The maximum atomic E-state index is 12.1. The third kappa shape index (κ3) is 4.54. The largest absolute Gasteiger partial charge is 0.480 e. The van der Waals surface area contributed by atoms with Gasteiger partial charge in [0.25, 0.3) is 0 Å². The molecule has 1 aliphatic rings. The number of amides is 2. The van der Waals surface area contributed by atoms with Gasteiger partial charge in [-0.05, 0) is 18.3 Å². The van der Waals surface area contributed by atoms with Crippen molar-refractivity contribution in [3.8, 4) is 0 Å². The summed E-state index contributed by atoms with van der Waals surface area (Å²) in [4.78, 5) is 24.8. The third-order valence-electron chi connectivity index (χ3n) is 3.63. The van der Waals surface area contributed by atoms with Gasteiger partial charge in [0.1, 0.15) is 6.04 Å². The smallest absolute Gasteiger partial charge is 0.326 e. The van der Waals surface area contributed by atoms with Gasteiger partial charge in [0, 0.05) is 13.1 Å². The van der Waals surface area contributed by atoms with E-state index in [1.807, 2.05) is 6.92 Å². The molecule has 0 aliphatic carbocycles. The Morgan fingerprint density at radius 2 is 2.10 bits per heavy atom. The average Bonchev–Trinajstić information content (AvgIpc) is 2.37. The molecule has 2 amide bonds. The van der Waals surface area contributed by atoms with Crippen molar-refractivity contribution in [3.63, 3.8) is 0 Å². The summed E-state index contributed by atoms with van der Waals surface area (Å²) in [6, 6.07) is -1.07. The highest BCUT2D eigenvalue weighted by molar-refractivity contribution is 5.82. The first-order valence-corrected chi connectivity index (χ1v) is 7.23. The van der Waals surface area contributed by atoms with Crippen molar-refractivity contribution < 1.29 is 14.7 Å². The summed E-state index contributed by atoms with van der Waals surface area (Å²) in [5.74, 6) is -0.969. The fourth-order valence-electron chi connectivity index (χ4n) is 2.32. The van der Waals surface area contributed by atoms with Gasteiger partial charge in [-0.1, -0.05) is 45.8 Å². The molecule has 20 heavy (non-hydrogen) atoms. The normalized spacial score (nSPS) is 17.4. The number of rotatable bonds is 4. The Morgan fingerprint density at radius 3 is 2.50 bits per heavy atom. The molecule has 0 bridgehead atoms. The van der Waals surface area contributed by atoms with Gasteiger partial charge < -0.3 is 15.3 Å². The van der Waals surface area contributed by atoms with Crippen LogP contribution in [0.25, 0.3) is 0 Å². The number of nitrogens with one attached hydrogen (secondary N) is 1. The van der Waals surface area contributed by atoms with Crippen LogP contribution in [0.5, 0.6) is 0 Å². The number of nitrogens with zero attached hydrogens (tertiary/aromatic N) is 1. The molecule has 0 spiro atoms. The number of hydrogen-bond donors (Lipinski definition) is 2. The summed E-state index contributed by atoms with van der Waals surface area (Å²) in [7, 11) is 0. The van der Waals surface area contributed by atoms with Crippen molar-refractivity contribution in [3.05, 3.63) is 11.6 Å². The van der Waals surface area contributed by atoms with Gasteiger partial charge in [-0.2, -0.15) is 0 Å². The second-order valence-corrected chi connectivity index (χ2v) is 6.30. The number of carboxylic acid groups (broad SMARTS) is 1. The molecule has 1 unspecified atom stereocenters. The monoisotopic (exact) mass is 282 g/mol. The summed E-state index contributed by atoms with van der Waals surface area (Å²) >= 11 is 0. The summed E-state index contributed by atoms with van der Waals surface area (Å²) < 4.78 is 0. The number of aliphatic carboxylic acids is 1. The van der Waals surface area contributed by atoms with E-state index in [0.29, 0.717) is 19.5 Å². The average molecular weight is 282 g/mol. The van der Waals surface area contributed by atoms with Crippen molar-refractivity contribution >= 4 is 12.0 Å². The molecule has 2 N–H and O–H groups in total. The van der Waals surface area contributed by atoms with E-state index in [0.717, 1.165) is 12.8 Å². The Balaban J connectivity index is 2.58. The molecule has 0 saturated carbocycles. The van der Waals surface area contributed by atoms with E-state index < -0.39 is 12.0 Å². The Morgan fingerprint density at radius 1 is 1.45 bits per heavy atom. The molecule has 0 saturated heterocycles. The lowest BCUT2D eigenvalue weighted by atomic mass is 9.83. The van der Waals surface area contributed by atoms with Crippen LogP contribution in [-0.2, 0) is 4.79 Å². The zero-order chi connectivity index (χ0) is 15.3. The van der Waals surface area contributed by atoms with E-state index in [9.17, 15) is 9.59 Å². The van der Waals surface area contributed by atoms with Crippen molar-refractivity contribution in [2.24, 2.45) is 5.41 Å². The van der Waals surface area contributed by atoms with E-state index in [-0.39, 0.29) is 11.4 Å². The lowest BCUT2D eigenvalue weighted by molar-refractivity contribution is -0.139. The van der Waals surface area contributed by atoms with E-state index >= 15 is 0 Å². The fraction of sp³-hybridized carbons (Fsp3) is 0.733. The quantitative estimate of drug-likeness (QED) is 0.779. The minimum Gasteiger partial charge on any atom is -0.480 e. The minimum absolute atomic E-state index is 0.133. The van der Waals surface area contributed by atoms with Crippen molar-refractivity contribution in [2.45, 2.75) is 53.0 Å². The van der Waals surface area contributed by atoms with Crippen LogP contribution in [0, 0.1) is 5.41 Å². The van der Waals surface area contributed by atoms with Crippen molar-refractivity contribution in [1.29, 1.82) is 0 Å². The van der Waals surface area contributed by atoms with Gasteiger partial charge in [-0.3, -0.25) is 0 Å². The number of carbonyl (C=O) groups excluding carboxylic acids is 1. The highest BCUT2D eigenvalue weighted by Crippen LogP contribution is 2.29. The molecule has 0 aromatic rings. The standard InChI is InChI=1S/C15H26N2O3/c1-5-6-12(13(18)19)16-14(20)17-9-7-11(8-10-17)15(2,3)4/h7,12H,5-6,8-10H2,1-4H3,(H,16,20)(H,18,19). The first kappa shape index (κ1) is 16.5. The van der Waals surface area contributed by atoms with E-state index in [2.05, 4.69) is 32.2 Å². The Kier molecular flexibility index (Phi) is 5.60. The molecule has 1 heterocycles. The molecule has 114 valence electrons. The van der Waals surface area contributed by atoms with Gasteiger partial charge in [-0.15, -0.1) is 0 Å². The summed E-state index contributed by atoms with van der Waals surface area (Å²) in [6.45, 7) is 9.59. The summed E-state index contributed by atoms with van der Waals surface area (Å²) in [6.07, 6.45) is 4.12. The van der Waals surface area contributed by atoms with Crippen LogP contribution < -0.4 is 5.32 Å². The first-order chi connectivity index (χ1) is 9.25. The van der Waals surface area contributed by atoms with E-state index in [1.54, 1.807) is 4.90 Å². The molecule has 1 rings (SSSR count). The topological polar surface area (TPSA) is 69.6 Å². The van der Waals surface area contributed by atoms with Crippen LogP contribution in [0.3, 0.4) is 0 Å².